The molecule has 0 spiro atoms. The van der Waals surface area contributed by atoms with Crippen LogP contribution >= 0.6 is 0 Å². The van der Waals surface area contributed by atoms with E-state index < -0.39 is 0 Å². The molecule has 1 aliphatic rings. The molecule has 1 unspecified atom stereocenters. The Balaban J connectivity index is 2.13. The second kappa shape index (κ2) is 3.78. The average Bonchev–Trinajstić information content (AvgIpc) is 2.71. The van der Waals surface area contributed by atoms with Crippen LogP contribution in [-0.2, 0) is 4.84 Å². The van der Waals surface area contributed by atoms with E-state index in [1.54, 1.807) is 6.21 Å². The van der Waals surface area contributed by atoms with E-state index in [1.165, 1.54) is 5.56 Å². The number of pyridine rings is 1. The van der Waals surface area contributed by atoms with Gasteiger partial charge < -0.3 is 4.84 Å². The third-order valence-corrected chi connectivity index (χ3v) is 2.39. The predicted molar refractivity (Wildman–Crippen MR) is 55.3 cm³/mol. The molecule has 0 amide bonds. The Morgan fingerprint density at radius 1 is 1.43 bits per heavy atom. The molecule has 14 heavy (non-hydrogen) atoms. The van der Waals surface area contributed by atoms with Gasteiger partial charge in [0.1, 0.15) is 0 Å². The zero-order valence-corrected chi connectivity index (χ0v) is 8.47. The van der Waals surface area contributed by atoms with Crippen molar-refractivity contribution < 1.29 is 4.84 Å². The van der Waals surface area contributed by atoms with Crippen LogP contribution in [0.1, 0.15) is 43.5 Å². The van der Waals surface area contributed by atoms with Crippen LogP contribution in [0.5, 0.6) is 0 Å². The molecule has 0 saturated carbocycles. The smallest absolute Gasteiger partial charge is 0.174 e. The first-order valence-corrected chi connectivity index (χ1v) is 4.91. The highest BCUT2D eigenvalue weighted by Gasteiger charge is 2.17. The Bertz CT molecular complexity index is 322. The lowest BCUT2D eigenvalue weighted by atomic mass is 10.0. The standard InChI is InChI=1S/C11H14N2O/c1-8(2)9-3-4-10(12-7-9)11-5-6-13-14-11/h3-4,6-8,11H,5H2,1-2H3. The Kier molecular flexibility index (Phi) is 2.48. The molecule has 3 heteroatoms. The van der Waals surface area contributed by atoms with Crippen LogP contribution in [0.3, 0.4) is 0 Å². The average molecular weight is 190 g/mol. The number of aromatic nitrogens is 1. The summed E-state index contributed by atoms with van der Waals surface area (Å²) < 4.78 is 0. The van der Waals surface area contributed by atoms with E-state index in [1.807, 2.05) is 12.3 Å². The minimum atomic E-state index is 0.0243. The minimum Gasteiger partial charge on any atom is -0.386 e. The molecule has 0 N–H and O–H groups in total. The Morgan fingerprint density at radius 2 is 2.29 bits per heavy atom. The predicted octanol–water partition coefficient (Wildman–Crippen LogP) is 2.65. The Hall–Kier alpha value is -1.38. The molecule has 2 heterocycles. The molecule has 0 fully saturated rings. The van der Waals surface area contributed by atoms with E-state index in [9.17, 15) is 0 Å². The Morgan fingerprint density at radius 3 is 2.79 bits per heavy atom. The fourth-order valence-corrected chi connectivity index (χ4v) is 1.42. The van der Waals surface area contributed by atoms with Gasteiger partial charge in [0.15, 0.2) is 6.10 Å². The zero-order chi connectivity index (χ0) is 9.97. The fourth-order valence-electron chi connectivity index (χ4n) is 1.42. The van der Waals surface area contributed by atoms with Crippen LogP contribution in [0.15, 0.2) is 23.5 Å². The molecule has 0 radical (unpaired) electrons. The van der Waals surface area contributed by atoms with Gasteiger partial charge in [-0.1, -0.05) is 25.1 Å². The van der Waals surface area contributed by atoms with Crippen molar-refractivity contribution in [1.82, 2.24) is 4.98 Å². The first kappa shape index (κ1) is 9.19. The first-order chi connectivity index (χ1) is 6.77. The van der Waals surface area contributed by atoms with E-state index >= 15 is 0 Å². The molecule has 0 saturated heterocycles. The van der Waals surface area contributed by atoms with E-state index in [0.717, 1.165) is 12.1 Å². The van der Waals surface area contributed by atoms with Crippen molar-refractivity contribution in [3.05, 3.63) is 29.6 Å². The summed E-state index contributed by atoms with van der Waals surface area (Å²) in [5, 5.41) is 3.73. The van der Waals surface area contributed by atoms with E-state index in [-0.39, 0.29) is 6.10 Å². The summed E-state index contributed by atoms with van der Waals surface area (Å²) in [6.45, 7) is 4.32. The maximum atomic E-state index is 5.15. The van der Waals surface area contributed by atoms with E-state index in [0.29, 0.717) is 5.92 Å². The Labute approximate surface area is 83.8 Å². The summed E-state index contributed by atoms with van der Waals surface area (Å²) in [5.74, 6) is 0.525. The summed E-state index contributed by atoms with van der Waals surface area (Å²) in [7, 11) is 0. The number of hydrogen-bond donors (Lipinski definition) is 0. The quantitative estimate of drug-likeness (QED) is 0.718. The van der Waals surface area contributed by atoms with Crippen molar-refractivity contribution in [2.24, 2.45) is 5.16 Å². The van der Waals surface area contributed by atoms with E-state index in [2.05, 4.69) is 30.1 Å². The van der Waals surface area contributed by atoms with Gasteiger partial charge in [-0.05, 0) is 17.5 Å². The first-order valence-electron chi connectivity index (χ1n) is 4.91. The summed E-state index contributed by atoms with van der Waals surface area (Å²) >= 11 is 0. The number of oxime groups is 1. The molecule has 1 aliphatic heterocycles. The van der Waals surface area contributed by atoms with Gasteiger partial charge in [0.05, 0.1) is 5.69 Å². The zero-order valence-electron chi connectivity index (χ0n) is 8.47. The monoisotopic (exact) mass is 190 g/mol. The van der Waals surface area contributed by atoms with Crippen LogP contribution in [0.2, 0.25) is 0 Å². The molecule has 1 atom stereocenters. The fraction of sp³-hybridized carbons (Fsp3) is 0.455. The van der Waals surface area contributed by atoms with Crippen molar-refractivity contribution in [2.75, 3.05) is 0 Å². The molecular weight excluding hydrogens is 176 g/mol. The third kappa shape index (κ3) is 1.76. The lowest BCUT2D eigenvalue weighted by molar-refractivity contribution is 0.0826. The summed E-state index contributed by atoms with van der Waals surface area (Å²) in [6, 6.07) is 4.13. The lowest BCUT2D eigenvalue weighted by Crippen LogP contribution is -2.00. The molecule has 1 aromatic heterocycles. The molecule has 3 nitrogen and oxygen atoms in total. The van der Waals surface area contributed by atoms with Crippen molar-refractivity contribution in [3.63, 3.8) is 0 Å². The summed E-state index contributed by atoms with van der Waals surface area (Å²) in [5.41, 5.74) is 2.22. The summed E-state index contributed by atoms with van der Waals surface area (Å²) in [6.07, 6.45) is 4.55. The summed E-state index contributed by atoms with van der Waals surface area (Å²) in [4.78, 5) is 9.52. The van der Waals surface area contributed by atoms with E-state index in [4.69, 9.17) is 4.84 Å². The molecule has 1 aromatic rings. The number of nitrogens with zero attached hydrogens (tertiary/aromatic N) is 2. The molecule has 74 valence electrons. The van der Waals surface area contributed by atoms with Gasteiger partial charge >= 0.3 is 0 Å². The van der Waals surface area contributed by atoms with Gasteiger partial charge in [-0.3, -0.25) is 4.98 Å². The van der Waals surface area contributed by atoms with Crippen LogP contribution in [0, 0.1) is 0 Å². The highest BCUT2D eigenvalue weighted by molar-refractivity contribution is 5.59. The van der Waals surface area contributed by atoms with Crippen molar-refractivity contribution >= 4 is 6.21 Å². The largest absolute Gasteiger partial charge is 0.386 e. The van der Waals surface area contributed by atoms with Crippen molar-refractivity contribution in [2.45, 2.75) is 32.3 Å². The lowest BCUT2D eigenvalue weighted by Gasteiger charge is -2.09. The van der Waals surface area contributed by atoms with Crippen molar-refractivity contribution in [3.8, 4) is 0 Å². The second-order valence-electron chi connectivity index (χ2n) is 3.79. The van der Waals surface area contributed by atoms with Gasteiger partial charge in [0.2, 0.25) is 0 Å². The normalized spacial score (nSPS) is 20.1. The third-order valence-electron chi connectivity index (χ3n) is 2.39. The molecular formula is C11H14N2O. The van der Waals surface area contributed by atoms with Gasteiger partial charge in [-0.25, -0.2) is 0 Å². The molecule has 0 bridgehead atoms. The number of hydrogen-bond acceptors (Lipinski definition) is 3. The second-order valence-corrected chi connectivity index (χ2v) is 3.79. The maximum absolute atomic E-state index is 5.15. The topological polar surface area (TPSA) is 34.5 Å². The van der Waals surface area contributed by atoms with Crippen LogP contribution in [0.25, 0.3) is 0 Å². The minimum absolute atomic E-state index is 0.0243. The highest BCUT2D eigenvalue weighted by atomic mass is 16.6. The maximum Gasteiger partial charge on any atom is 0.174 e. The van der Waals surface area contributed by atoms with Crippen LogP contribution in [0.4, 0.5) is 0 Å². The van der Waals surface area contributed by atoms with Crippen LogP contribution < -0.4 is 0 Å². The van der Waals surface area contributed by atoms with Gasteiger partial charge in [0.25, 0.3) is 0 Å². The van der Waals surface area contributed by atoms with Crippen molar-refractivity contribution in [1.29, 1.82) is 0 Å². The molecule has 0 aromatic carbocycles. The molecule has 0 aliphatic carbocycles. The number of rotatable bonds is 2. The highest BCUT2D eigenvalue weighted by Crippen LogP contribution is 2.23. The van der Waals surface area contributed by atoms with Crippen LogP contribution in [-0.4, -0.2) is 11.2 Å². The van der Waals surface area contributed by atoms with Gasteiger partial charge in [0, 0.05) is 18.8 Å². The SMILES string of the molecule is CC(C)c1ccc(C2CC=NO2)nc1. The molecule has 2 rings (SSSR count). The van der Waals surface area contributed by atoms with Gasteiger partial charge in [-0.2, -0.15) is 0 Å². The van der Waals surface area contributed by atoms with Gasteiger partial charge in [-0.15, -0.1) is 0 Å².